The summed E-state index contributed by atoms with van der Waals surface area (Å²) in [6, 6.07) is 4.78. The van der Waals surface area contributed by atoms with Gasteiger partial charge >= 0.3 is 0 Å². The summed E-state index contributed by atoms with van der Waals surface area (Å²) < 4.78 is 0. The molecule has 0 saturated carbocycles. The Kier molecular flexibility index (Phi) is 2.81. The van der Waals surface area contributed by atoms with Crippen molar-refractivity contribution in [3.05, 3.63) is 29.6 Å². The van der Waals surface area contributed by atoms with E-state index in [1.807, 2.05) is 0 Å². The lowest BCUT2D eigenvalue weighted by atomic mass is 10.2. The molecule has 1 heterocycles. The van der Waals surface area contributed by atoms with E-state index in [1.54, 1.807) is 18.2 Å². The number of aromatic nitrogens is 1. The molecule has 3 nitrogen and oxygen atoms in total. The molecule has 0 fully saturated rings. The molecule has 0 aromatic carbocycles. The number of terminal acetylenes is 1. The molecule has 3 N–H and O–H groups in total. The van der Waals surface area contributed by atoms with Crippen molar-refractivity contribution in [2.45, 2.75) is 6.04 Å². The van der Waals surface area contributed by atoms with E-state index < -0.39 is 6.04 Å². The molecule has 0 radical (unpaired) electrons. The van der Waals surface area contributed by atoms with Crippen molar-refractivity contribution in [1.82, 2.24) is 4.98 Å². The van der Waals surface area contributed by atoms with E-state index in [4.69, 9.17) is 17.3 Å². The summed E-state index contributed by atoms with van der Waals surface area (Å²) >= 11 is 0. The Balaban J connectivity index is 2.95. The summed E-state index contributed by atoms with van der Waals surface area (Å²) in [5.74, 6) is 2.40. The van der Waals surface area contributed by atoms with Crippen LogP contribution in [0.2, 0.25) is 0 Å². The number of pyridine rings is 1. The van der Waals surface area contributed by atoms with Crippen LogP contribution >= 0.6 is 0 Å². The van der Waals surface area contributed by atoms with Gasteiger partial charge in [0.25, 0.3) is 0 Å². The van der Waals surface area contributed by atoms with Gasteiger partial charge in [-0.2, -0.15) is 0 Å². The van der Waals surface area contributed by atoms with Gasteiger partial charge in [-0.25, -0.2) is 4.98 Å². The molecule has 1 aromatic rings. The normalized spacial score (nSPS) is 12.1. The number of aliphatic hydroxyl groups excluding tert-OH is 1. The number of hydrogen-bond acceptors (Lipinski definition) is 3. The number of nitrogens with zero attached hydrogens (tertiary/aromatic N) is 1. The second-order valence-electron chi connectivity index (χ2n) is 2.38. The second-order valence-corrected chi connectivity index (χ2v) is 2.38. The molecule has 1 atom stereocenters. The molecule has 12 heavy (non-hydrogen) atoms. The van der Waals surface area contributed by atoms with Crippen LogP contribution in [0.4, 0.5) is 0 Å². The number of rotatable bonds is 2. The third-order valence-electron chi connectivity index (χ3n) is 1.50. The highest BCUT2D eigenvalue weighted by Gasteiger charge is 2.04. The van der Waals surface area contributed by atoms with E-state index in [0.29, 0.717) is 11.4 Å². The molecule has 0 saturated heterocycles. The van der Waals surface area contributed by atoms with Crippen LogP contribution in [-0.4, -0.2) is 16.7 Å². The van der Waals surface area contributed by atoms with E-state index in [-0.39, 0.29) is 6.61 Å². The van der Waals surface area contributed by atoms with Crippen LogP contribution < -0.4 is 5.73 Å². The Hall–Kier alpha value is -1.37. The van der Waals surface area contributed by atoms with Crippen LogP contribution in [0.3, 0.4) is 0 Å². The van der Waals surface area contributed by atoms with Gasteiger partial charge < -0.3 is 10.8 Å². The van der Waals surface area contributed by atoms with Gasteiger partial charge in [-0.05, 0) is 12.1 Å². The molecule has 62 valence electrons. The van der Waals surface area contributed by atoms with E-state index in [9.17, 15) is 0 Å². The first-order chi connectivity index (χ1) is 5.77. The first kappa shape index (κ1) is 8.72. The monoisotopic (exact) mass is 162 g/mol. The fraction of sp³-hybridized carbons (Fsp3) is 0.222. The smallest absolute Gasteiger partial charge is 0.113 e. The number of nitrogens with two attached hydrogens (primary N) is 1. The molecule has 3 heteroatoms. The second kappa shape index (κ2) is 3.86. The average Bonchev–Trinajstić information content (AvgIpc) is 2.17. The highest BCUT2D eigenvalue weighted by atomic mass is 16.3. The Bertz CT molecular complexity index is 304. The lowest BCUT2D eigenvalue weighted by Gasteiger charge is -2.06. The largest absolute Gasteiger partial charge is 0.394 e. The third kappa shape index (κ3) is 1.82. The molecule has 1 aromatic heterocycles. The maximum atomic E-state index is 8.74. The number of hydrogen-bond donors (Lipinski definition) is 2. The average molecular weight is 162 g/mol. The molecule has 0 amide bonds. The topological polar surface area (TPSA) is 59.1 Å². The Morgan fingerprint density at radius 3 is 3.00 bits per heavy atom. The standard InChI is InChI=1S/C9H10N2O/c1-2-7-4-3-5-9(11-7)8(10)6-12/h1,3-5,8,12H,6,10H2/t8-/m1/s1. The lowest BCUT2D eigenvalue weighted by Crippen LogP contribution is -2.16. The summed E-state index contributed by atoms with van der Waals surface area (Å²) in [5, 5.41) is 8.74. The molecule has 0 aliphatic rings. The van der Waals surface area contributed by atoms with Crippen LogP contribution in [0.5, 0.6) is 0 Å². The van der Waals surface area contributed by atoms with E-state index in [1.165, 1.54) is 0 Å². The Morgan fingerprint density at radius 2 is 2.42 bits per heavy atom. The van der Waals surface area contributed by atoms with Crippen LogP contribution in [0.1, 0.15) is 17.4 Å². The zero-order chi connectivity index (χ0) is 8.97. The quantitative estimate of drug-likeness (QED) is 0.604. The molecule has 0 aliphatic carbocycles. The Labute approximate surface area is 71.2 Å². The van der Waals surface area contributed by atoms with E-state index >= 15 is 0 Å². The first-order valence-corrected chi connectivity index (χ1v) is 3.58. The summed E-state index contributed by atoms with van der Waals surface area (Å²) in [6.45, 7) is -0.124. The van der Waals surface area contributed by atoms with Crippen molar-refractivity contribution >= 4 is 0 Å². The maximum Gasteiger partial charge on any atom is 0.113 e. The van der Waals surface area contributed by atoms with Crippen LogP contribution in [0, 0.1) is 12.3 Å². The minimum absolute atomic E-state index is 0.124. The SMILES string of the molecule is C#Cc1cccc([C@H](N)CO)n1. The van der Waals surface area contributed by atoms with Crippen molar-refractivity contribution in [2.75, 3.05) is 6.61 Å². The van der Waals surface area contributed by atoms with Crippen LogP contribution in [0.15, 0.2) is 18.2 Å². The fourth-order valence-electron chi connectivity index (χ4n) is 0.832. The van der Waals surface area contributed by atoms with Gasteiger partial charge in [0.1, 0.15) is 5.69 Å². The summed E-state index contributed by atoms with van der Waals surface area (Å²) in [5.41, 5.74) is 6.69. The summed E-state index contributed by atoms with van der Waals surface area (Å²) in [6.07, 6.45) is 5.14. The zero-order valence-corrected chi connectivity index (χ0v) is 6.57. The third-order valence-corrected chi connectivity index (χ3v) is 1.50. The minimum atomic E-state index is -0.446. The molecule has 0 aliphatic heterocycles. The predicted octanol–water partition coefficient (Wildman–Crippen LogP) is 0.0550. The Morgan fingerprint density at radius 1 is 1.67 bits per heavy atom. The fourth-order valence-corrected chi connectivity index (χ4v) is 0.832. The molecular formula is C9H10N2O. The number of aliphatic hydroxyl groups is 1. The van der Waals surface area contributed by atoms with E-state index in [2.05, 4.69) is 10.9 Å². The van der Waals surface area contributed by atoms with Gasteiger partial charge in [0.15, 0.2) is 0 Å². The van der Waals surface area contributed by atoms with Gasteiger partial charge in [0, 0.05) is 0 Å². The van der Waals surface area contributed by atoms with Gasteiger partial charge in [0.05, 0.1) is 18.3 Å². The summed E-state index contributed by atoms with van der Waals surface area (Å²) in [7, 11) is 0. The van der Waals surface area contributed by atoms with Gasteiger partial charge in [0.2, 0.25) is 0 Å². The van der Waals surface area contributed by atoms with Crippen LogP contribution in [0.25, 0.3) is 0 Å². The molecular weight excluding hydrogens is 152 g/mol. The molecule has 0 spiro atoms. The molecule has 1 rings (SSSR count). The van der Waals surface area contributed by atoms with Crippen molar-refractivity contribution in [3.63, 3.8) is 0 Å². The predicted molar refractivity (Wildman–Crippen MR) is 46.2 cm³/mol. The first-order valence-electron chi connectivity index (χ1n) is 3.58. The summed E-state index contributed by atoms with van der Waals surface area (Å²) in [4.78, 5) is 4.04. The lowest BCUT2D eigenvalue weighted by molar-refractivity contribution is 0.266. The zero-order valence-electron chi connectivity index (χ0n) is 6.57. The van der Waals surface area contributed by atoms with Gasteiger partial charge in [-0.3, -0.25) is 0 Å². The maximum absolute atomic E-state index is 8.74. The molecule has 0 bridgehead atoms. The van der Waals surface area contributed by atoms with Gasteiger partial charge in [-0.1, -0.05) is 12.0 Å². The van der Waals surface area contributed by atoms with Crippen molar-refractivity contribution in [2.24, 2.45) is 5.73 Å². The van der Waals surface area contributed by atoms with Crippen molar-refractivity contribution < 1.29 is 5.11 Å². The van der Waals surface area contributed by atoms with Gasteiger partial charge in [-0.15, -0.1) is 6.42 Å². The van der Waals surface area contributed by atoms with E-state index in [0.717, 1.165) is 0 Å². The highest BCUT2D eigenvalue weighted by Crippen LogP contribution is 2.06. The van der Waals surface area contributed by atoms with Crippen molar-refractivity contribution in [3.8, 4) is 12.3 Å². The minimum Gasteiger partial charge on any atom is -0.394 e. The van der Waals surface area contributed by atoms with Crippen molar-refractivity contribution in [1.29, 1.82) is 0 Å². The highest BCUT2D eigenvalue weighted by molar-refractivity contribution is 5.26. The molecule has 0 unspecified atom stereocenters. The van der Waals surface area contributed by atoms with Crippen LogP contribution in [-0.2, 0) is 0 Å².